The highest BCUT2D eigenvalue weighted by Gasteiger charge is 2.17. The molecule has 0 heterocycles. The van der Waals surface area contributed by atoms with Crippen molar-refractivity contribution >= 4 is 23.5 Å². The van der Waals surface area contributed by atoms with Crippen LogP contribution in [0.2, 0.25) is 5.02 Å². The summed E-state index contributed by atoms with van der Waals surface area (Å²) in [4.78, 5) is 22.2. The van der Waals surface area contributed by atoms with Gasteiger partial charge in [0.1, 0.15) is 18.7 Å². The summed E-state index contributed by atoms with van der Waals surface area (Å²) < 4.78 is 5.08. The first-order chi connectivity index (χ1) is 9.90. The molecule has 0 aromatic heterocycles. The smallest absolute Gasteiger partial charge is 0.323 e. The molecule has 5 N–H and O–H groups in total. The van der Waals surface area contributed by atoms with Crippen LogP contribution in [0.5, 0.6) is 0 Å². The summed E-state index contributed by atoms with van der Waals surface area (Å²) in [5.41, 5.74) is 11.9. The van der Waals surface area contributed by atoms with Crippen molar-refractivity contribution < 1.29 is 19.4 Å². The van der Waals surface area contributed by atoms with Crippen molar-refractivity contribution in [1.82, 2.24) is 0 Å². The average Bonchev–Trinajstić information content (AvgIpc) is 2.45. The van der Waals surface area contributed by atoms with Gasteiger partial charge < -0.3 is 21.3 Å². The molecule has 0 aliphatic rings. The number of carboxylic acid groups (broad SMARTS) is 1. The number of hydrogen-bond acceptors (Lipinski definition) is 5. The Hall–Kier alpha value is -1.63. The molecule has 1 rings (SSSR count). The number of rotatable bonds is 8. The number of benzene rings is 1. The molecule has 0 bridgehead atoms. The standard InChI is InChI=1S/C14H19ClN2O4/c15-10-6-4-9(5-7-10)8-21-14(20)12(17)3-1-2-11(16)13(18)19/h4-7,11-12H,1-3,8,16-17H2,(H,18,19)/t11-,12?/m0/s1. The summed E-state index contributed by atoms with van der Waals surface area (Å²) in [7, 11) is 0. The van der Waals surface area contributed by atoms with E-state index >= 15 is 0 Å². The number of esters is 1. The lowest BCUT2D eigenvalue weighted by molar-refractivity contribution is -0.146. The molecular weight excluding hydrogens is 296 g/mol. The summed E-state index contributed by atoms with van der Waals surface area (Å²) in [6.45, 7) is 0.123. The van der Waals surface area contributed by atoms with Crippen molar-refractivity contribution in [2.75, 3.05) is 0 Å². The van der Waals surface area contributed by atoms with Gasteiger partial charge in [0.2, 0.25) is 0 Å². The minimum absolute atomic E-state index is 0.123. The molecule has 1 aromatic carbocycles. The highest BCUT2D eigenvalue weighted by Crippen LogP contribution is 2.11. The Labute approximate surface area is 128 Å². The third-order valence-corrected chi connectivity index (χ3v) is 3.20. The maximum atomic E-state index is 11.7. The van der Waals surface area contributed by atoms with Crippen molar-refractivity contribution in [3.63, 3.8) is 0 Å². The van der Waals surface area contributed by atoms with Gasteiger partial charge >= 0.3 is 11.9 Å². The van der Waals surface area contributed by atoms with E-state index in [4.69, 9.17) is 32.9 Å². The first kappa shape index (κ1) is 17.4. The molecule has 21 heavy (non-hydrogen) atoms. The highest BCUT2D eigenvalue weighted by molar-refractivity contribution is 6.30. The fourth-order valence-electron chi connectivity index (χ4n) is 1.64. The van der Waals surface area contributed by atoms with Crippen molar-refractivity contribution in [3.05, 3.63) is 34.9 Å². The molecule has 2 atom stereocenters. The first-order valence-electron chi connectivity index (χ1n) is 6.55. The Morgan fingerprint density at radius 2 is 1.71 bits per heavy atom. The number of hydrogen-bond donors (Lipinski definition) is 3. The van der Waals surface area contributed by atoms with E-state index in [0.29, 0.717) is 17.9 Å². The van der Waals surface area contributed by atoms with Crippen molar-refractivity contribution in [2.45, 2.75) is 38.0 Å². The second-order valence-electron chi connectivity index (χ2n) is 4.72. The van der Waals surface area contributed by atoms with E-state index in [-0.39, 0.29) is 13.0 Å². The van der Waals surface area contributed by atoms with E-state index in [2.05, 4.69) is 0 Å². The van der Waals surface area contributed by atoms with Crippen LogP contribution in [0.25, 0.3) is 0 Å². The maximum Gasteiger partial charge on any atom is 0.323 e. The molecular formula is C14H19ClN2O4. The molecule has 7 heteroatoms. The lowest BCUT2D eigenvalue weighted by atomic mass is 10.1. The Morgan fingerprint density at radius 3 is 2.29 bits per heavy atom. The number of halogens is 1. The number of nitrogens with two attached hydrogens (primary N) is 2. The zero-order chi connectivity index (χ0) is 15.8. The third kappa shape index (κ3) is 6.57. The quantitative estimate of drug-likeness (QED) is 0.623. The SMILES string of the molecule is NC(CCC[C@H](N)C(=O)O)C(=O)OCc1ccc(Cl)cc1. The molecule has 0 saturated carbocycles. The zero-order valence-corrected chi connectivity index (χ0v) is 12.3. The minimum Gasteiger partial charge on any atom is -0.480 e. The van der Waals surface area contributed by atoms with Gasteiger partial charge in [0, 0.05) is 5.02 Å². The topological polar surface area (TPSA) is 116 Å². The van der Waals surface area contributed by atoms with Gasteiger partial charge in [0.25, 0.3) is 0 Å². The number of ether oxygens (including phenoxy) is 1. The van der Waals surface area contributed by atoms with E-state index in [1.165, 1.54) is 0 Å². The Kier molecular flexibility index (Phi) is 7.14. The van der Waals surface area contributed by atoms with Crippen LogP contribution in [0.15, 0.2) is 24.3 Å². The summed E-state index contributed by atoms with van der Waals surface area (Å²) in [6, 6.07) is 5.22. The number of carbonyl (C=O) groups is 2. The van der Waals surface area contributed by atoms with E-state index in [9.17, 15) is 9.59 Å². The van der Waals surface area contributed by atoms with Crippen LogP contribution in [0.4, 0.5) is 0 Å². The Morgan fingerprint density at radius 1 is 1.14 bits per heavy atom. The molecule has 0 spiro atoms. The predicted octanol–water partition coefficient (Wildman–Crippen LogP) is 1.29. The van der Waals surface area contributed by atoms with E-state index in [0.717, 1.165) is 5.56 Å². The number of aliphatic carboxylic acids is 1. The Balaban J connectivity index is 2.28. The predicted molar refractivity (Wildman–Crippen MR) is 78.7 cm³/mol. The van der Waals surface area contributed by atoms with Crippen LogP contribution in [-0.2, 0) is 20.9 Å². The van der Waals surface area contributed by atoms with E-state index in [1.807, 2.05) is 0 Å². The molecule has 0 saturated heterocycles. The van der Waals surface area contributed by atoms with Crippen molar-refractivity contribution in [2.24, 2.45) is 11.5 Å². The highest BCUT2D eigenvalue weighted by atomic mass is 35.5. The van der Waals surface area contributed by atoms with Gasteiger partial charge in [-0.2, -0.15) is 0 Å². The molecule has 1 aromatic rings. The lowest BCUT2D eigenvalue weighted by Gasteiger charge is -2.12. The molecule has 6 nitrogen and oxygen atoms in total. The zero-order valence-electron chi connectivity index (χ0n) is 11.5. The number of carboxylic acids is 1. The minimum atomic E-state index is -1.06. The lowest BCUT2D eigenvalue weighted by Crippen LogP contribution is -2.34. The summed E-state index contributed by atoms with van der Waals surface area (Å²) in [5, 5.41) is 9.24. The average molecular weight is 315 g/mol. The van der Waals surface area contributed by atoms with Gasteiger partial charge in [-0.25, -0.2) is 0 Å². The normalized spacial score (nSPS) is 13.5. The van der Waals surface area contributed by atoms with Crippen LogP contribution in [0, 0.1) is 0 Å². The van der Waals surface area contributed by atoms with Gasteiger partial charge in [-0.15, -0.1) is 0 Å². The summed E-state index contributed by atoms with van der Waals surface area (Å²) in [5.74, 6) is -1.58. The largest absolute Gasteiger partial charge is 0.480 e. The third-order valence-electron chi connectivity index (χ3n) is 2.94. The molecule has 0 amide bonds. The number of carbonyl (C=O) groups excluding carboxylic acids is 1. The fourth-order valence-corrected chi connectivity index (χ4v) is 1.77. The summed E-state index contributed by atoms with van der Waals surface area (Å²) >= 11 is 5.75. The van der Waals surface area contributed by atoms with Gasteiger partial charge in [-0.3, -0.25) is 9.59 Å². The Bertz CT molecular complexity index is 478. The molecule has 0 fully saturated rings. The molecule has 0 aliphatic carbocycles. The van der Waals surface area contributed by atoms with Gasteiger partial charge in [0.05, 0.1) is 0 Å². The van der Waals surface area contributed by atoms with Crippen LogP contribution >= 0.6 is 11.6 Å². The molecule has 1 unspecified atom stereocenters. The molecule has 0 aliphatic heterocycles. The maximum absolute atomic E-state index is 11.7. The van der Waals surface area contributed by atoms with E-state index in [1.54, 1.807) is 24.3 Å². The van der Waals surface area contributed by atoms with Crippen LogP contribution in [0.3, 0.4) is 0 Å². The second kappa shape index (κ2) is 8.61. The van der Waals surface area contributed by atoms with Crippen LogP contribution in [-0.4, -0.2) is 29.1 Å². The first-order valence-corrected chi connectivity index (χ1v) is 6.93. The molecule has 0 radical (unpaired) electrons. The van der Waals surface area contributed by atoms with Crippen molar-refractivity contribution in [3.8, 4) is 0 Å². The van der Waals surface area contributed by atoms with Crippen LogP contribution in [0.1, 0.15) is 24.8 Å². The van der Waals surface area contributed by atoms with Crippen LogP contribution < -0.4 is 11.5 Å². The van der Waals surface area contributed by atoms with Gasteiger partial charge in [-0.1, -0.05) is 23.7 Å². The molecule has 116 valence electrons. The fraction of sp³-hybridized carbons (Fsp3) is 0.429. The second-order valence-corrected chi connectivity index (χ2v) is 5.15. The van der Waals surface area contributed by atoms with E-state index < -0.39 is 24.0 Å². The summed E-state index contributed by atoms with van der Waals surface area (Å²) in [6.07, 6.45) is 1.05. The van der Waals surface area contributed by atoms with Gasteiger partial charge in [0.15, 0.2) is 0 Å². The monoisotopic (exact) mass is 314 g/mol. The van der Waals surface area contributed by atoms with Gasteiger partial charge in [-0.05, 0) is 37.0 Å². The van der Waals surface area contributed by atoms with Crippen molar-refractivity contribution in [1.29, 1.82) is 0 Å².